The summed E-state index contributed by atoms with van der Waals surface area (Å²) < 4.78 is 0.892. The summed E-state index contributed by atoms with van der Waals surface area (Å²) in [5.74, 6) is -1.22. The number of nitriles is 3. The van der Waals surface area contributed by atoms with Crippen molar-refractivity contribution in [2.45, 2.75) is 0 Å². The first-order valence-corrected chi connectivity index (χ1v) is 6.47. The normalized spacial score (nSPS) is 8.75. The molecule has 0 saturated carbocycles. The van der Waals surface area contributed by atoms with Crippen LogP contribution in [0.4, 0.5) is 5.69 Å². The molecule has 0 bridgehead atoms. The standard InChI is InChI=1S/C12H4Br2N4O2/c13-7-1-8(12(19)20)11(9(14)2-7)18-10(5-17)6(3-15)4-16/h1-2,18H,(H,19,20). The van der Waals surface area contributed by atoms with E-state index in [2.05, 4.69) is 37.2 Å². The van der Waals surface area contributed by atoms with Gasteiger partial charge in [-0.2, -0.15) is 15.8 Å². The van der Waals surface area contributed by atoms with Crippen molar-refractivity contribution in [3.8, 4) is 18.2 Å². The van der Waals surface area contributed by atoms with Crippen LogP contribution in [0.15, 0.2) is 32.3 Å². The molecule has 0 atom stereocenters. The smallest absolute Gasteiger partial charge is 0.337 e. The fourth-order valence-corrected chi connectivity index (χ4v) is 2.60. The Hall–Kier alpha value is -2.34. The van der Waals surface area contributed by atoms with Gasteiger partial charge in [0.05, 0.1) is 11.3 Å². The Labute approximate surface area is 130 Å². The number of hydrogen-bond donors (Lipinski definition) is 2. The molecule has 2 N–H and O–H groups in total. The molecule has 0 radical (unpaired) electrons. The lowest BCUT2D eigenvalue weighted by Gasteiger charge is -2.11. The zero-order valence-electron chi connectivity index (χ0n) is 9.61. The second-order valence-corrected chi connectivity index (χ2v) is 5.10. The van der Waals surface area contributed by atoms with Gasteiger partial charge in [0, 0.05) is 8.95 Å². The van der Waals surface area contributed by atoms with Crippen molar-refractivity contribution in [2.75, 3.05) is 5.32 Å². The molecule has 0 heterocycles. The van der Waals surface area contributed by atoms with Crippen LogP contribution in [-0.2, 0) is 0 Å². The largest absolute Gasteiger partial charge is 0.478 e. The first kappa shape index (κ1) is 15.7. The van der Waals surface area contributed by atoms with Gasteiger partial charge in [-0.05, 0) is 28.1 Å². The third-order valence-corrected chi connectivity index (χ3v) is 3.20. The van der Waals surface area contributed by atoms with Crippen LogP contribution < -0.4 is 5.32 Å². The molecule has 0 unspecified atom stereocenters. The SMILES string of the molecule is N#CC(C#N)=C(C#N)Nc1c(Br)cc(Br)cc1C(=O)O. The molecule has 0 aliphatic heterocycles. The summed E-state index contributed by atoms with van der Waals surface area (Å²) in [6.07, 6.45) is 0. The Bertz CT molecular complexity index is 720. The molecule has 0 amide bonds. The first-order chi connectivity index (χ1) is 9.44. The van der Waals surface area contributed by atoms with Gasteiger partial charge in [-0.3, -0.25) is 0 Å². The van der Waals surface area contributed by atoms with E-state index in [1.54, 1.807) is 24.3 Å². The number of anilines is 1. The van der Waals surface area contributed by atoms with Crippen molar-refractivity contribution < 1.29 is 9.90 Å². The number of aromatic carboxylic acids is 1. The highest BCUT2D eigenvalue weighted by Gasteiger charge is 2.17. The summed E-state index contributed by atoms with van der Waals surface area (Å²) in [6.45, 7) is 0. The maximum absolute atomic E-state index is 11.2. The van der Waals surface area contributed by atoms with Crippen LogP contribution in [0.2, 0.25) is 0 Å². The van der Waals surface area contributed by atoms with Crippen molar-refractivity contribution in [1.29, 1.82) is 15.8 Å². The predicted molar refractivity (Wildman–Crippen MR) is 76.3 cm³/mol. The summed E-state index contributed by atoms with van der Waals surface area (Å²) >= 11 is 6.32. The highest BCUT2D eigenvalue weighted by Crippen LogP contribution is 2.32. The van der Waals surface area contributed by atoms with Gasteiger partial charge in [-0.25, -0.2) is 4.79 Å². The molecular formula is C12H4Br2N4O2. The minimum atomic E-state index is -1.22. The molecule has 0 aliphatic carbocycles. The number of carboxylic acids is 1. The molecule has 0 spiro atoms. The second kappa shape index (κ2) is 6.72. The number of halogens is 2. The van der Waals surface area contributed by atoms with Crippen LogP contribution in [0.5, 0.6) is 0 Å². The van der Waals surface area contributed by atoms with Crippen molar-refractivity contribution in [3.63, 3.8) is 0 Å². The van der Waals surface area contributed by atoms with Crippen molar-refractivity contribution in [3.05, 3.63) is 37.9 Å². The number of allylic oxidation sites excluding steroid dienone is 2. The minimum Gasteiger partial charge on any atom is -0.478 e. The highest BCUT2D eigenvalue weighted by atomic mass is 79.9. The van der Waals surface area contributed by atoms with Gasteiger partial charge in [-0.15, -0.1) is 0 Å². The van der Waals surface area contributed by atoms with Gasteiger partial charge < -0.3 is 10.4 Å². The molecular weight excluding hydrogens is 392 g/mol. The number of benzene rings is 1. The van der Waals surface area contributed by atoms with E-state index in [4.69, 9.17) is 20.9 Å². The van der Waals surface area contributed by atoms with E-state index in [1.165, 1.54) is 6.07 Å². The number of rotatable bonds is 3. The number of nitrogens with one attached hydrogen (secondary N) is 1. The maximum Gasteiger partial charge on any atom is 0.337 e. The highest BCUT2D eigenvalue weighted by molar-refractivity contribution is 9.11. The zero-order valence-corrected chi connectivity index (χ0v) is 12.8. The third-order valence-electron chi connectivity index (χ3n) is 2.12. The number of nitrogens with zero attached hydrogens (tertiary/aromatic N) is 3. The maximum atomic E-state index is 11.2. The van der Waals surface area contributed by atoms with Crippen LogP contribution in [0, 0.1) is 34.0 Å². The zero-order chi connectivity index (χ0) is 15.3. The van der Waals surface area contributed by atoms with Crippen molar-refractivity contribution in [2.24, 2.45) is 0 Å². The third kappa shape index (κ3) is 3.36. The summed E-state index contributed by atoms with van der Waals surface area (Å²) in [5.41, 5.74) is -0.784. The summed E-state index contributed by atoms with van der Waals surface area (Å²) in [7, 11) is 0. The Balaban J connectivity index is 3.48. The number of carbonyl (C=O) groups is 1. The lowest BCUT2D eigenvalue weighted by molar-refractivity contribution is 0.0698. The minimum absolute atomic E-state index is 0.0836. The average Bonchev–Trinajstić information content (AvgIpc) is 2.40. The molecule has 20 heavy (non-hydrogen) atoms. The van der Waals surface area contributed by atoms with Crippen LogP contribution in [-0.4, -0.2) is 11.1 Å². The summed E-state index contributed by atoms with van der Waals surface area (Å²) in [4.78, 5) is 11.2. The molecule has 1 aromatic carbocycles. The van der Waals surface area contributed by atoms with E-state index in [1.807, 2.05) is 0 Å². The van der Waals surface area contributed by atoms with E-state index < -0.39 is 11.5 Å². The van der Waals surface area contributed by atoms with Gasteiger partial charge >= 0.3 is 5.97 Å². The van der Waals surface area contributed by atoms with E-state index in [9.17, 15) is 4.79 Å². The van der Waals surface area contributed by atoms with E-state index >= 15 is 0 Å². The quantitative estimate of drug-likeness (QED) is 0.758. The Kier molecular flexibility index (Phi) is 5.28. The monoisotopic (exact) mass is 394 g/mol. The van der Waals surface area contributed by atoms with Crippen LogP contribution in [0.1, 0.15) is 10.4 Å². The summed E-state index contributed by atoms with van der Waals surface area (Å²) in [5, 5.41) is 38.1. The Morgan fingerprint density at radius 2 is 1.75 bits per heavy atom. The van der Waals surface area contributed by atoms with Crippen molar-refractivity contribution >= 4 is 43.5 Å². The van der Waals surface area contributed by atoms with Crippen LogP contribution >= 0.6 is 31.9 Å². The number of hydrogen-bond acceptors (Lipinski definition) is 5. The molecule has 8 heteroatoms. The predicted octanol–water partition coefficient (Wildman–Crippen LogP) is 3.15. The lowest BCUT2D eigenvalue weighted by atomic mass is 10.1. The average molecular weight is 396 g/mol. The fourth-order valence-electron chi connectivity index (χ4n) is 1.28. The van der Waals surface area contributed by atoms with Gasteiger partial charge in [0.15, 0.2) is 5.57 Å². The molecule has 0 fully saturated rings. The number of carboxylic acid groups (broad SMARTS) is 1. The van der Waals surface area contributed by atoms with Gasteiger partial charge in [0.2, 0.25) is 0 Å². The molecule has 0 aliphatic rings. The van der Waals surface area contributed by atoms with Crippen LogP contribution in [0.25, 0.3) is 0 Å². The molecule has 0 saturated heterocycles. The molecule has 6 nitrogen and oxygen atoms in total. The van der Waals surface area contributed by atoms with Gasteiger partial charge in [0.1, 0.15) is 23.9 Å². The topological polar surface area (TPSA) is 121 Å². The van der Waals surface area contributed by atoms with E-state index in [0.29, 0.717) is 8.95 Å². The first-order valence-electron chi connectivity index (χ1n) is 4.88. The fraction of sp³-hybridized carbons (Fsp3) is 0. The van der Waals surface area contributed by atoms with Gasteiger partial charge in [0.25, 0.3) is 0 Å². The molecule has 1 aromatic rings. The summed E-state index contributed by atoms with van der Waals surface area (Å²) in [6, 6.07) is 7.69. The van der Waals surface area contributed by atoms with E-state index in [-0.39, 0.29) is 16.9 Å². The second-order valence-electron chi connectivity index (χ2n) is 3.33. The van der Waals surface area contributed by atoms with E-state index in [0.717, 1.165) is 0 Å². The lowest BCUT2D eigenvalue weighted by Crippen LogP contribution is -2.08. The molecule has 98 valence electrons. The Morgan fingerprint density at radius 1 is 1.15 bits per heavy atom. The molecule has 0 aromatic heterocycles. The van der Waals surface area contributed by atoms with Crippen LogP contribution in [0.3, 0.4) is 0 Å². The van der Waals surface area contributed by atoms with Gasteiger partial charge in [-0.1, -0.05) is 15.9 Å². The Morgan fingerprint density at radius 3 is 2.20 bits per heavy atom. The molecule has 1 rings (SSSR count). The van der Waals surface area contributed by atoms with Crippen molar-refractivity contribution in [1.82, 2.24) is 0 Å².